The van der Waals surface area contributed by atoms with E-state index in [-0.39, 0.29) is 17.7 Å². The third-order valence-corrected chi connectivity index (χ3v) is 4.09. The summed E-state index contributed by atoms with van der Waals surface area (Å²) in [7, 11) is 0. The Labute approximate surface area is 189 Å². The molecule has 1 rings (SSSR count). The number of hydrogen-bond acceptors (Lipinski definition) is 7. The highest BCUT2D eigenvalue weighted by Crippen LogP contribution is 2.29. The molecule has 0 spiro atoms. The summed E-state index contributed by atoms with van der Waals surface area (Å²) in [6.45, 7) is 2.01. The van der Waals surface area contributed by atoms with E-state index in [0.717, 1.165) is 37.1 Å². The summed E-state index contributed by atoms with van der Waals surface area (Å²) in [5, 5.41) is 38.3. The standard InChI is InChI=1S/C15H15F3N2O3.C6H14N2O2/c1-9(21)6-13(22)10(8-19)7-14(23)20-12-4-2-11(3-5-12)15(16,17)18;7-4-2-1-3-5(8)6(9)10/h2-5,9,21-22H,6-7H2,1H3,(H,20,23);5H,1-4,7-8H2,(H,9,10)/t;5-/m.0/s1. The summed E-state index contributed by atoms with van der Waals surface area (Å²) < 4.78 is 37.2. The highest BCUT2D eigenvalue weighted by atomic mass is 19.4. The normalized spacial score (nSPS) is 13.5. The molecular formula is C21H29F3N4O5. The fourth-order valence-corrected chi connectivity index (χ4v) is 2.35. The van der Waals surface area contributed by atoms with Gasteiger partial charge in [0.1, 0.15) is 11.8 Å². The number of carboxylic acids is 1. The van der Waals surface area contributed by atoms with Gasteiger partial charge in [0.15, 0.2) is 0 Å². The fraction of sp³-hybridized carbons (Fsp3) is 0.476. The van der Waals surface area contributed by atoms with Crippen LogP contribution in [0.4, 0.5) is 18.9 Å². The molecule has 12 heteroatoms. The van der Waals surface area contributed by atoms with Gasteiger partial charge in [-0.1, -0.05) is 6.42 Å². The first-order chi connectivity index (χ1) is 15.3. The Bertz CT molecular complexity index is 834. The second-order valence-electron chi connectivity index (χ2n) is 7.12. The lowest BCUT2D eigenvalue weighted by molar-refractivity contribution is -0.139. The van der Waals surface area contributed by atoms with Crippen molar-refractivity contribution < 1.29 is 38.1 Å². The topological polar surface area (TPSA) is 183 Å². The monoisotopic (exact) mass is 474 g/mol. The third-order valence-electron chi connectivity index (χ3n) is 4.09. The Balaban J connectivity index is 0.000000861. The number of carbonyl (C=O) groups is 2. The SMILES string of the molecule is CC(O)CC(O)=C(C#N)CC(=O)Nc1ccc(C(F)(F)F)cc1.NCCCC[C@H](N)C(=O)O. The molecule has 184 valence electrons. The van der Waals surface area contributed by atoms with Crippen molar-refractivity contribution in [3.63, 3.8) is 0 Å². The largest absolute Gasteiger partial charge is 0.511 e. The van der Waals surface area contributed by atoms with Gasteiger partial charge in [0.2, 0.25) is 5.91 Å². The summed E-state index contributed by atoms with van der Waals surface area (Å²) in [4.78, 5) is 21.9. The van der Waals surface area contributed by atoms with Crippen molar-refractivity contribution in [1.29, 1.82) is 5.26 Å². The molecule has 0 aliphatic carbocycles. The first-order valence-corrected chi connectivity index (χ1v) is 9.96. The first-order valence-electron chi connectivity index (χ1n) is 9.96. The zero-order chi connectivity index (χ0) is 25.6. The molecule has 0 saturated heterocycles. The number of aliphatic hydroxyl groups excluding tert-OH is 2. The van der Waals surface area contributed by atoms with Crippen LogP contribution in [0.5, 0.6) is 0 Å². The van der Waals surface area contributed by atoms with Crippen LogP contribution in [0.1, 0.15) is 44.6 Å². The molecule has 1 amide bonds. The van der Waals surface area contributed by atoms with Crippen molar-refractivity contribution in [2.75, 3.05) is 11.9 Å². The number of alkyl halides is 3. The fourth-order valence-electron chi connectivity index (χ4n) is 2.35. The number of benzene rings is 1. The van der Waals surface area contributed by atoms with Gasteiger partial charge < -0.3 is 32.1 Å². The first kappa shape index (κ1) is 29.9. The van der Waals surface area contributed by atoms with Crippen LogP contribution in [-0.2, 0) is 15.8 Å². The second-order valence-corrected chi connectivity index (χ2v) is 7.12. The molecule has 33 heavy (non-hydrogen) atoms. The molecule has 0 aliphatic heterocycles. The highest BCUT2D eigenvalue weighted by Gasteiger charge is 2.30. The average molecular weight is 474 g/mol. The Morgan fingerprint density at radius 3 is 2.18 bits per heavy atom. The van der Waals surface area contributed by atoms with Crippen molar-refractivity contribution in [3.05, 3.63) is 41.2 Å². The molecule has 0 bridgehead atoms. The van der Waals surface area contributed by atoms with E-state index >= 15 is 0 Å². The van der Waals surface area contributed by atoms with Gasteiger partial charge >= 0.3 is 12.1 Å². The van der Waals surface area contributed by atoms with Crippen LogP contribution in [0.2, 0.25) is 0 Å². The molecule has 8 N–H and O–H groups in total. The van der Waals surface area contributed by atoms with E-state index in [4.69, 9.17) is 26.9 Å². The number of amides is 1. The number of nitriles is 1. The minimum atomic E-state index is -4.47. The predicted molar refractivity (Wildman–Crippen MR) is 115 cm³/mol. The molecule has 1 unspecified atom stereocenters. The van der Waals surface area contributed by atoms with Crippen LogP contribution >= 0.6 is 0 Å². The van der Waals surface area contributed by atoms with E-state index in [9.17, 15) is 27.9 Å². The average Bonchev–Trinajstić information content (AvgIpc) is 2.71. The number of halogens is 3. The number of anilines is 1. The maximum Gasteiger partial charge on any atom is 0.416 e. The van der Waals surface area contributed by atoms with Crippen molar-refractivity contribution in [3.8, 4) is 6.07 Å². The summed E-state index contributed by atoms with van der Waals surface area (Å²) >= 11 is 0. The number of aliphatic carboxylic acids is 1. The molecule has 0 aliphatic rings. The third kappa shape index (κ3) is 13.1. The molecule has 9 nitrogen and oxygen atoms in total. The summed E-state index contributed by atoms with van der Waals surface area (Å²) in [5.41, 5.74) is 9.50. The van der Waals surface area contributed by atoms with Crippen molar-refractivity contribution in [2.24, 2.45) is 11.5 Å². The second kappa shape index (κ2) is 14.8. The number of nitrogens with zero attached hydrogens (tertiary/aromatic N) is 1. The van der Waals surface area contributed by atoms with Crippen LogP contribution in [0, 0.1) is 11.3 Å². The number of nitrogens with one attached hydrogen (secondary N) is 1. The van der Waals surface area contributed by atoms with Gasteiger partial charge in [-0.15, -0.1) is 0 Å². The molecular weight excluding hydrogens is 445 g/mol. The maximum atomic E-state index is 12.4. The van der Waals surface area contributed by atoms with Crippen LogP contribution in [0.3, 0.4) is 0 Å². The van der Waals surface area contributed by atoms with E-state index < -0.39 is 47.9 Å². The molecule has 0 heterocycles. The van der Waals surface area contributed by atoms with Crippen LogP contribution in [-0.4, -0.2) is 45.9 Å². The lowest BCUT2D eigenvalue weighted by atomic mass is 10.1. The molecule has 1 aromatic rings. The minimum Gasteiger partial charge on any atom is -0.511 e. The van der Waals surface area contributed by atoms with Gasteiger partial charge in [-0.3, -0.25) is 9.59 Å². The van der Waals surface area contributed by atoms with Gasteiger partial charge in [-0.05, 0) is 50.6 Å². The molecule has 1 aromatic carbocycles. The number of aliphatic hydroxyl groups is 2. The molecule has 0 radical (unpaired) electrons. The van der Waals surface area contributed by atoms with Gasteiger partial charge in [0, 0.05) is 12.1 Å². The van der Waals surface area contributed by atoms with E-state index in [1.807, 2.05) is 0 Å². The lowest BCUT2D eigenvalue weighted by Gasteiger charge is -2.09. The number of unbranched alkanes of at least 4 members (excludes halogenated alkanes) is 1. The van der Waals surface area contributed by atoms with Crippen LogP contribution < -0.4 is 16.8 Å². The molecule has 0 fully saturated rings. The van der Waals surface area contributed by atoms with E-state index in [1.165, 1.54) is 6.92 Å². The summed E-state index contributed by atoms with van der Waals surface area (Å²) in [5.74, 6) is -2.00. The van der Waals surface area contributed by atoms with E-state index in [0.29, 0.717) is 13.0 Å². The van der Waals surface area contributed by atoms with Crippen molar-refractivity contribution in [2.45, 2.75) is 57.3 Å². The van der Waals surface area contributed by atoms with E-state index in [1.54, 1.807) is 6.07 Å². The maximum absolute atomic E-state index is 12.4. The summed E-state index contributed by atoms with van der Waals surface area (Å²) in [6, 6.07) is 4.77. The zero-order valence-corrected chi connectivity index (χ0v) is 18.1. The number of carboxylic acid groups (broad SMARTS) is 1. The number of carbonyl (C=O) groups excluding carboxylic acids is 1. The Morgan fingerprint density at radius 1 is 1.18 bits per heavy atom. The minimum absolute atomic E-state index is 0.135. The van der Waals surface area contributed by atoms with Gasteiger partial charge in [0.25, 0.3) is 0 Å². The van der Waals surface area contributed by atoms with Crippen molar-refractivity contribution >= 4 is 17.6 Å². The Hall–Kier alpha value is -3.14. The lowest BCUT2D eigenvalue weighted by Crippen LogP contribution is -2.29. The zero-order valence-electron chi connectivity index (χ0n) is 18.1. The van der Waals surface area contributed by atoms with Gasteiger partial charge in [0.05, 0.1) is 29.7 Å². The number of rotatable bonds is 10. The Morgan fingerprint density at radius 2 is 1.76 bits per heavy atom. The van der Waals surface area contributed by atoms with Crippen LogP contribution in [0.15, 0.2) is 35.6 Å². The van der Waals surface area contributed by atoms with E-state index in [2.05, 4.69) is 5.32 Å². The molecule has 2 atom stereocenters. The number of hydrogen-bond donors (Lipinski definition) is 6. The van der Waals surface area contributed by atoms with Crippen molar-refractivity contribution in [1.82, 2.24) is 0 Å². The van der Waals surface area contributed by atoms with Crippen LogP contribution in [0.25, 0.3) is 0 Å². The quantitative estimate of drug-likeness (QED) is 0.170. The predicted octanol–water partition coefficient (Wildman–Crippen LogP) is 2.67. The number of nitrogens with two attached hydrogens (primary N) is 2. The van der Waals surface area contributed by atoms with Gasteiger partial charge in [-0.25, -0.2) is 0 Å². The summed E-state index contributed by atoms with van der Waals surface area (Å²) in [6.07, 6.45) is -3.80. The Kier molecular flexibility index (Phi) is 13.4. The molecule has 0 saturated carbocycles. The smallest absolute Gasteiger partial charge is 0.416 e. The molecule has 0 aromatic heterocycles. The van der Waals surface area contributed by atoms with Gasteiger partial charge in [-0.2, -0.15) is 18.4 Å². The highest BCUT2D eigenvalue weighted by molar-refractivity contribution is 5.92.